The molecule has 1 aromatic heterocycles. The molecule has 0 amide bonds. The van der Waals surface area contributed by atoms with Crippen molar-refractivity contribution in [1.29, 1.82) is 0 Å². The smallest absolute Gasteiger partial charge is 0.348 e. The van der Waals surface area contributed by atoms with Crippen LogP contribution in [0, 0.1) is 12.3 Å². The molecule has 3 rings (SSSR count). The second kappa shape index (κ2) is 6.67. The molecule has 0 saturated carbocycles. The van der Waals surface area contributed by atoms with Gasteiger partial charge in [-0.1, -0.05) is 29.1 Å². The van der Waals surface area contributed by atoms with Gasteiger partial charge in [0.15, 0.2) is 0 Å². The molecule has 0 bridgehead atoms. The van der Waals surface area contributed by atoms with E-state index in [9.17, 15) is 4.79 Å². The summed E-state index contributed by atoms with van der Waals surface area (Å²) in [5, 5.41) is 4.86. The van der Waals surface area contributed by atoms with Crippen LogP contribution >= 0.6 is 23.2 Å². The molecule has 1 N–H and O–H groups in total. The van der Waals surface area contributed by atoms with Crippen LogP contribution in [0.25, 0.3) is 5.69 Å². The number of benzene rings is 1. The van der Waals surface area contributed by atoms with Crippen molar-refractivity contribution in [1.82, 2.24) is 14.8 Å². The van der Waals surface area contributed by atoms with Gasteiger partial charge >= 0.3 is 5.69 Å². The van der Waals surface area contributed by atoms with E-state index in [4.69, 9.17) is 39.1 Å². The molecule has 1 fully saturated rings. The highest BCUT2D eigenvalue weighted by Gasteiger charge is 2.23. The number of halogens is 2. The summed E-state index contributed by atoms with van der Waals surface area (Å²) < 4.78 is 11.7. The van der Waals surface area contributed by atoms with Gasteiger partial charge in [0.05, 0.1) is 28.4 Å². The molecule has 1 aliphatic heterocycles. The van der Waals surface area contributed by atoms with E-state index in [1.807, 2.05) is 0 Å². The Morgan fingerprint density at radius 3 is 2.96 bits per heavy atom. The van der Waals surface area contributed by atoms with Gasteiger partial charge in [-0.05, 0) is 12.5 Å². The minimum atomic E-state index is -0.385. The lowest BCUT2D eigenvalue weighted by molar-refractivity contribution is 0.370. The average Bonchev–Trinajstić information content (AvgIpc) is 3.27. The van der Waals surface area contributed by atoms with Gasteiger partial charge in [0, 0.05) is 12.5 Å². The van der Waals surface area contributed by atoms with Crippen molar-refractivity contribution in [2.24, 2.45) is 0 Å². The normalized spacial score (nSPS) is 16.1. The molecule has 1 unspecified atom stereocenters. The molecule has 1 aliphatic rings. The van der Waals surface area contributed by atoms with E-state index in [1.54, 1.807) is 0 Å². The summed E-state index contributed by atoms with van der Waals surface area (Å²) >= 11 is 12.2. The molecule has 2 aromatic rings. The molecule has 1 atom stereocenters. The van der Waals surface area contributed by atoms with Crippen molar-refractivity contribution in [3.63, 3.8) is 0 Å². The summed E-state index contributed by atoms with van der Waals surface area (Å²) in [5.74, 6) is 3.26. The molecule has 0 spiro atoms. The van der Waals surface area contributed by atoms with Gasteiger partial charge in [-0.3, -0.25) is 4.98 Å². The molecule has 23 heavy (non-hydrogen) atoms. The monoisotopic (exact) mass is 353 g/mol. The first kappa shape index (κ1) is 15.9. The van der Waals surface area contributed by atoms with E-state index in [2.05, 4.69) is 16.0 Å². The van der Waals surface area contributed by atoms with Crippen LogP contribution in [-0.4, -0.2) is 34.1 Å². The van der Waals surface area contributed by atoms with Gasteiger partial charge in [0.25, 0.3) is 0 Å². The van der Waals surface area contributed by atoms with E-state index < -0.39 is 0 Å². The highest BCUT2D eigenvalue weighted by Crippen LogP contribution is 2.32. The number of nitrogens with one attached hydrogen (secondary N) is 1. The van der Waals surface area contributed by atoms with Crippen molar-refractivity contribution < 1.29 is 9.47 Å². The van der Waals surface area contributed by atoms with Gasteiger partial charge < -0.3 is 9.47 Å². The summed E-state index contributed by atoms with van der Waals surface area (Å²) in [6, 6.07) is 3.03. The summed E-state index contributed by atoms with van der Waals surface area (Å²) in [6.07, 6.45) is 6.88. The van der Waals surface area contributed by atoms with Crippen LogP contribution in [0.5, 0.6) is 5.75 Å². The van der Waals surface area contributed by atoms with Crippen LogP contribution in [0.3, 0.4) is 0 Å². The quantitative estimate of drug-likeness (QED) is 0.638. The molecule has 120 valence electrons. The second-order valence-electron chi connectivity index (χ2n) is 5.01. The van der Waals surface area contributed by atoms with Gasteiger partial charge in [0.2, 0.25) is 0 Å². The Kier molecular flexibility index (Phi) is 4.62. The third kappa shape index (κ3) is 3.70. The van der Waals surface area contributed by atoms with Crippen LogP contribution < -0.4 is 10.4 Å². The number of hydrogen-bond donors (Lipinski definition) is 1. The Bertz CT molecular complexity index is 818. The summed E-state index contributed by atoms with van der Waals surface area (Å²) in [7, 11) is 0. The Hall–Kier alpha value is -1.94. The number of nitrogens with zero attached hydrogens (tertiary/aromatic N) is 2. The predicted octanol–water partition coefficient (Wildman–Crippen LogP) is 2.21. The summed E-state index contributed by atoms with van der Waals surface area (Å²) in [6.45, 7) is 0.826. The fourth-order valence-corrected chi connectivity index (χ4v) is 2.60. The molecule has 6 nitrogen and oxygen atoms in total. The SMILES string of the molecule is C#CCOc1cc(-n2nc(CCC3CO3)[nH]c2=O)c(Cl)cc1Cl. The van der Waals surface area contributed by atoms with Crippen LogP contribution in [0.1, 0.15) is 12.2 Å². The highest BCUT2D eigenvalue weighted by atomic mass is 35.5. The van der Waals surface area contributed by atoms with Crippen LogP contribution in [0.4, 0.5) is 0 Å². The molecule has 0 radical (unpaired) electrons. The molecule has 0 aliphatic carbocycles. The third-order valence-electron chi connectivity index (χ3n) is 3.31. The number of ether oxygens (including phenoxy) is 2. The van der Waals surface area contributed by atoms with Crippen molar-refractivity contribution in [3.05, 3.63) is 38.5 Å². The van der Waals surface area contributed by atoms with Crippen LogP contribution in [0.15, 0.2) is 16.9 Å². The molecule has 1 saturated heterocycles. The largest absolute Gasteiger partial charge is 0.479 e. The van der Waals surface area contributed by atoms with E-state index in [0.29, 0.717) is 28.7 Å². The minimum absolute atomic E-state index is 0.0584. The fourth-order valence-electron chi connectivity index (χ4n) is 2.09. The molecule has 8 heteroatoms. The average molecular weight is 354 g/mol. The lowest BCUT2D eigenvalue weighted by Crippen LogP contribution is -2.16. The zero-order valence-corrected chi connectivity index (χ0v) is 13.5. The lowest BCUT2D eigenvalue weighted by Gasteiger charge is -2.09. The Morgan fingerprint density at radius 1 is 1.48 bits per heavy atom. The minimum Gasteiger partial charge on any atom is -0.479 e. The zero-order chi connectivity index (χ0) is 16.4. The number of aromatic nitrogens is 3. The topological polar surface area (TPSA) is 72.4 Å². The summed E-state index contributed by atoms with van der Waals surface area (Å²) in [4.78, 5) is 14.8. The Morgan fingerprint density at radius 2 is 2.26 bits per heavy atom. The molecule has 2 heterocycles. The van der Waals surface area contributed by atoms with E-state index in [0.717, 1.165) is 13.0 Å². The second-order valence-corrected chi connectivity index (χ2v) is 5.82. The van der Waals surface area contributed by atoms with Gasteiger partial charge in [-0.25, -0.2) is 4.79 Å². The maximum absolute atomic E-state index is 12.1. The number of hydrogen-bond acceptors (Lipinski definition) is 4. The first-order valence-corrected chi connectivity index (χ1v) is 7.69. The number of aromatic amines is 1. The molecule has 1 aromatic carbocycles. The highest BCUT2D eigenvalue weighted by molar-refractivity contribution is 6.36. The van der Waals surface area contributed by atoms with E-state index in [1.165, 1.54) is 16.8 Å². The summed E-state index contributed by atoms with van der Waals surface area (Å²) in [5.41, 5.74) is -0.0119. The van der Waals surface area contributed by atoms with E-state index >= 15 is 0 Å². The van der Waals surface area contributed by atoms with Crippen molar-refractivity contribution in [2.75, 3.05) is 13.2 Å². The number of epoxide rings is 1. The number of H-pyrrole nitrogens is 1. The standard InChI is InChI=1S/C15H13Cl2N3O3/c1-2-5-22-13-7-12(10(16)6-11(13)17)20-15(21)18-14(19-20)4-3-9-8-23-9/h1,6-7,9H,3-5,8H2,(H,18,19,21). The maximum Gasteiger partial charge on any atom is 0.348 e. The number of terminal acetylenes is 1. The van der Waals surface area contributed by atoms with Gasteiger partial charge in [-0.15, -0.1) is 6.42 Å². The van der Waals surface area contributed by atoms with Crippen molar-refractivity contribution in [2.45, 2.75) is 18.9 Å². The van der Waals surface area contributed by atoms with Gasteiger partial charge in [-0.2, -0.15) is 9.78 Å². The van der Waals surface area contributed by atoms with Crippen LogP contribution in [-0.2, 0) is 11.2 Å². The zero-order valence-electron chi connectivity index (χ0n) is 12.0. The number of rotatable bonds is 6. The predicted molar refractivity (Wildman–Crippen MR) is 86.6 cm³/mol. The first-order chi connectivity index (χ1) is 11.1. The first-order valence-electron chi connectivity index (χ1n) is 6.94. The van der Waals surface area contributed by atoms with Crippen LogP contribution in [0.2, 0.25) is 10.0 Å². The van der Waals surface area contributed by atoms with E-state index in [-0.39, 0.29) is 23.4 Å². The van der Waals surface area contributed by atoms with Crippen molar-refractivity contribution in [3.8, 4) is 23.8 Å². The lowest BCUT2D eigenvalue weighted by atomic mass is 10.2. The van der Waals surface area contributed by atoms with Gasteiger partial charge in [0.1, 0.15) is 18.2 Å². The third-order valence-corrected chi connectivity index (χ3v) is 3.91. The fraction of sp³-hybridized carbons (Fsp3) is 0.333. The Labute approximate surface area is 142 Å². The maximum atomic E-state index is 12.1. The number of aryl methyl sites for hydroxylation is 1. The molecular weight excluding hydrogens is 341 g/mol. The van der Waals surface area contributed by atoms with Crippen molar-refractivity contribution >= 4 is 23.2 Å². The molecular formula is C15H13Cl2N3O3. The Balaban J connectivity index is 1.90.